The monoisotopic (exact) mass is 344 g/mol. The number of nitrogens with one attached hydrogen (secondary N) is 1. The standard InChI is InChI=1S/C19H24N2O4/c1-20-9-6-14-7-10-21(11-8-14)18(22)13-24-16-4-2-15-3-5-19(23)25-17(15)12-16/h2-5,12,14,20H,6-11,13H2,1H3. The van der Waals surface area contributed by atoms with E-state index in [0.29, 0.717) is 17.3 Å². The molecule has 1 aromatic carbocycles. The van der Waals surface area contributed by atoms with Crippen LogP contribution < -0.4 is 15.7 Å². The van der Waals surface area contributed by atoms with E-state index in [-0.39, 0.29) is 12.5 Å². The third-order valence-electron chi connectivity index (χ3n) is 4.73. The molecule has 25 heavy (non-hydrogen) atoms. The average Bonchev–Trinajstić information content (AvgIpc) is 2.64. The quantitative estimate of drug-likeness (QED) is 0.812. The third-order valence-corrected chi connectivity index (χ3v) is 4.73. The number of nitrogens with zero attached hydrogens (tertiary/aromatic N) is 1. The summed E-state index contributed by atoms with van der Waals surface area (Å²) in [5.74, 6) is 1.22. The highest BCUT2D eigenvalue weighted by molar-refractivity contribution is 5.79. The summed E-state index contributed by atoms with van der Waals surface area (Å²) >= 11 is 0. The van der Waals surface area contributed by atoms with Gasteiger partial charge in [0.2, 0.25) is 0 Å². The van der Waals surface area contributed by atoms with E-state index in [1.54, 1.807) is 18.2 Å². The van der Waals surface area contributed by atoms with Gasteiger partial charge < -0.3 is 19.4 Å². The molecule has 0 unspecified atom stereocenters. The lowest BCUT2D eigenvalue weighted by atomic mass is 9.93. The number of ether oxygens (including phenoxy) is 1. The normalized spacial score (nSPS) is 15.5. The van der Waals surface area contributed by atoms with Gasteiger partial charge in [0.05, 0.1) is 0 Å². The summed E-state index contributed by atoms with van der Waals surface area (Å²) in [5.41, 5.74) is 0.0599. The molecule has 1 fully saturated rings. The maximum atomic E-state index is 12.3. The lowest BCUT2D eigenvalue weighted by Gasteiger charge is -2.32. The highest BCUT2D eigenvalue weighted by Gasteiger charge is 2.22. The Bertz CT molecular complexity index is 778. The zero-order chi connectivity index (χ0) is 17.6. The molecule has 2 aromatic rings. The number of carbonyl (C=O) groups is 1. The van der Waals surface area contributed by atoms with Crippen molar-refractivity contribution in [2.45, 2.75) is 19.3 Å². The summed E-state index contributed by atoms with van der Waals surface area (Å²) in [4.78, 5) is 25.5. The number of amides is 1. The van der Waals surface area contributed by atoms with Crippen molar-refractivity contribution in [3.8, 4) is 5.75 Å². The minimum Gasteiger partial charge on any atom is -0.484 e. The fourth-order valence-corrected chi connectivity index (χ4v) is 3.19. The minimum absolute atomic E-state index is 0.00155. The van der Waals surface area contributed by atoms with Crippen LogP contribution in [0.3, 0.4) is 0 Å². The predicted molar refractivity (Wildman–Crippen MR) is 95.8 cm³/mol. The number of hydrogen-bond acceptors (Lipinski definition) is 5. The van der Waals surface area contributed by atoms with E-state index in [0.717, 1.165) is 44.3 Å². The molecule has 1 saturated heterocycles. The molecule has 0 spiro atoms. The van der Waals surface area contributed by atoms with Crippen molar-refractivity contribution in [3.05, 3.63) is 40.8 Å². The second kappa shape index (κ2) is 8.16. The van der Waals surface area contributed by atoms with Crippen LogP contribution in [0.25, 0.3) is 11.0 Å². The number of rotatable bonds is 6. The first-order valence-electron chi connectivity index (χ1n) is 8.75. The predicted octanol–water partition coefficient (Wildman–Crippen LogP) is 2.02. The van der Waals surface area contributed by atoms with Crippen LogP contribution >= 0.6 is 0 Å². The molecule has 3 rings (SSSR count). The number of carbonyl (C=O) groups excluding carboxylic acids is 1. The van der Waals surface area contributed by atoms with Gasteiger partial charge in [-0.25, -0.2) is 4.79 Å². The summed E-state index contributed by atoms with van der Waals surface area (Å²) in [5, 5.41) is 4.00. The van der Waals surface area contributed by atoms with Crippen molar-refractivity contribution in [1.29, 1.82) is 0 Å². The van der Waals surface area contributed by atoms with Gasteiger partial charge in [0.25, 0.3) is 5.91 Å². The van der Waals surface area contributed by atoms with Gasteiger partial charge in [-0.1, -0.05) is 0 Å². The van der Waals surface area contributed by atoms with Crippen molar-refractivity contribution < 1.29 is 13.9 Å². The highest BCUT2D eigenvalue weighted by Crippen LogP contribution is 2.21. The van der Waals surface area contributed by atoms with Gasteiger partial charge in [0.15, 0.2) is 6.61 Å². The molecule has 2 heterocycles. The number of hydrogen-bond donors (Lipinski definition) is 1. The van der Waals surface area contributed by atoms with Crippen LogP contribution in [0.1, 0.15) is 19.3 Å². The van der Waals surface area contributed by atoms with E-state index in [2.05, 4.69) is 5.32 Å². The first-order chi connectivity index (χ1) is 12.2. The van der Waals surface area contributed by atoms with Crippen LogP contribution in [0.5, 0.6) is 5.75 Å². The molecular weight excluding hydrogens is 320 g/mol. The molecule has 0 aliphatic carbocycles. The van der Waals surface area contributed by atoms with Gasteiger partial charge >= 0.3 is 5.63 Å². The molecule has 0 saturated carbocycles. The summed E-state index contributed by atoms with van der Waals surface area (Å²) in [6.07, 6.45) is 3.26. The SMILES string of the molecule is CNCCC1CCN(C(=O)COc2ccc3ccc(=O)oc3c2)CC1. The Morgan fingerprint density at radius 1 is 1.28 bits per heavy atom. The third kappa shape index (κ3) is 4.60. The van der Waals surface area contributed by atoms with Crippen LogP contribution in [0.15, 0.2) is 39.5 Å². The fraction of sp³-hybridized carbons (Fsp3) is 0.474. The van der Waals surface area contributed by atoms with Crippen molar-refractivity contribution in [1.82, 2.24) is 10.2 Å². The molecule has 134 valence electrons. The van der Waals surface area contributed by atoms with Gasteiger partial charge in [-0.2, -0.15) is 0 Å². The Balaban J connectivity index is 1.52. The molecule has 6 heteroatoms. The van der Waals surface area contributed by atoms with Gasteiger partial charge in [0.1, 0.15) is 11.3 Å². The van der Waals surface area contributed by atoms with E-state index >= 15 is 0 Å². The number of likely N-dealkylation sites (tertiary alicyclic amines) is 1. The van der Waals surface area contributed by atoms with Gasteiger partial charge in [-0.3, -0.25) is 4.79 Å². The average molecular weight is 344 g/mol. The van der Waals surface area contributed by atoms with Gasteiger partial charge in [-0.15, -0.1) is 0 Å². The van der Waals surface area contributed by atoms with Crippen molar-refractivity contribution in [2.75, 3.05) is 33.3 Å². The molecule has 0 bridgehead atoms. The summed E-state index contributed by atoms with van der Waals surface area (Å²) in [7, 11) is 1.97. The molecular formula is C19H24N2O4. The topological polar surface area (TPSA) is 71.8 Å². The lowest BCUT2D eigenvalue weighted by Crippen LogP contribution is -2.41. The van der Waals surface area contributed by atoms with E-state index in [9.17, 15) is 9.59 Å². The fourth-order valence-electron chi connectivity index (χ4n) is 3.19. The van der Waals surface area contributed by atoms with E-state index in [4.69, 9.17) is 9.15 Å². The Labute approximate surface area is 146 Å². The molecule has 1 aliphatic heterocycles. The highest BCUT2D eigenvalue weighted by atomic mass is 16.5. The zero-order valence-electron chi connectivity index (χ0n) is 14.5. The maximum absolute atomic E-state index is 12.3. The Kier molecular flexibility index (Phi) is 5.71. The lowest BCUT2D eigenvalue weighted by molar-refractivity contribution is -0.134. The Morgan fingerprint density at radius 3 is 2.80 bits per heavy atom. The summed E-state index contributed by atoms with van der Waals surface area (Å²) < 4.78 is 10.7. The van der Waals surface area contributed by atoms with Crippen LogP contribution in [0.2, 0.25) is 0 Å². The first-order valence-corrected chi connectivity index (χ1v) is 8.75. The maximum Gasteiger partial charge on any atom is 0.336 e. The van der Waals surface area contributed by atoms with E-state index < -0.39 is 5.63 Å². The van der Waals surface area contributed by atoms with Crippen LogP contribution in [-0.2, 0) is 4.79 Å². The van der Waals surface area contributed by atoms with E-state index in [1.807, 2.05) is 18.0 Å². The molecule has 6 nitrogen and oxygen atoms in total. The first kappa shape index (κ1) is 17.5. The molecule has 1 aromatic heterocycles. The van der Waals surface area contributed by atoms with Crippen molar-refractivity contribution in [2.24, 2.45) is 5.92 Å². The summed E-state index contributed by atoms with van der Waals surface area (Å²) in [6, 6.07) is 8.32. The molecule has 0 atom stereocenters. The largest absolute Gasteiger partial charge is 0.484 e. The zero-order valence-corrected chi connectivity index (χ0v) is 14.5. The summed E-state index contributed by atoms with van der Waals surface area (Å²) in [6.45, 7) is 2.62. The van der Waals surface area contributed by atoms with Crippen molar-refractivity contribution >= 4 is 16.9 Å². The Hall–Kier alpha value is -2.34. The van der Waals surface area contributed by atoms with E-state index in [1.165, 1.54) is 6.07 Å². The Morgan fingerprint density at radius 2 is 2.04 bits per heavy atom. The second-order valence-corrected chi connectivity index (χ2v) is 6.46. The van der Waals surface area contributed by atoms with Crippen LogP contribution in [0, 0.1) is 5.92 Å². The number of benzene rings is 1. The molecule has 1 amide bonds. The van der Waals surface area contributed by atoms with Crippen LogP contribution in [0.4, 0.5) is 0 Å². The van der Waals surface area contributed by atoms with Crippen LogP contribution in [-0.4, -0.2) is 44.1 Å². The number of piperidine rings is 1. The smallest absolute Gasteiger partial charge is 0.336 e. The molecule has 1 N–H and O–H groups in total. The molecule has 0 radical (unpaired) electrons. The second-order valence-electron chi connectivity index (χ2n) is 6.46. The van der Waals surface area contributed by atoms with Gasteiger partial charge in [0, 0.05) is 30.6 Å². The van der Waals surface area contributed by atoms with Gasteiger partial charge in [-0.05, 0) is 57.0 Å². The molecule has 1 aliphatic rings. The minimum atomic E-state index is -0.401. The van der Waals surface area contributed by atoms with Crippen molar-refractivity contribution in [3.63, 3.8) is 0 Å². The number of fused-ring (bicyclic) bond motifs is 1.